The number of amides is 1. The molecule has 0 heterocycles. The van der Waals surface area contributed by atoms with Crippen LogP contribution in [0.25, 0.3) is 16.8 Å². The average Bonchev–Trinajstić information content (AvgIpc) is 2.66. The van der Waals surface area contributed by atoms with Crippen molar-refractivity contribution in [2.24, 2.45) is 0 Å². The predicted octanol–water partition coefficient (Wildman–Crippen LogP) is 5.37. The highest BCUT2D eigenvalue weighted by Crippen LogP contribution is 2.23. The zero-order valence-corrected chi connectivity index (χ0v) is 15.2. The van der Waals surface area contributed by atoms with E-state index < -0.39 is 5.91 Å². The van der Waals surface area contributed by atoms with Crippen LogP contribution in [-0.4, -0.2) is 5.91 Å². The molecule has 3 nitrogen and oxygen atoms in total. The molecule has 3 rings (SSSR count). The molecule has 0 spiro atoms. The Kier molecular flexibility index (Phi) is 5.58. The van der Waals surface area contributed by atoms with Crippen molar-refractivity contribution in [3.8, 4) is 6.07 Å². The van der Waals surface area contributed by atoms with E-state index in [1.807, 2.05) is 48.5 Å². The lowest BCUT2D eigenvalue weighted by atomic mass is 10.0. The highest BCUT2D eigenvalue weighted by atomic mass is 35.5. The summed E-state index contributed by atoms with van der Waals surface area (Å²) >= 11 is 11.9. The van der Waals surface area contributed by atoms with Crippen LogP contribution in [-0.2, 0) is 11.3 Å². The molecule has 3 aromatic rings. The van der Waals surface area contributed by atoms with Gasteiger partial charge >= 0.3 is 0 Å². The number of fused-ring (bicyclic) bond motifs is 1. The molecule has 0 aliphatic heterocycles. The molecule has 1 N–H and O–H groups in total. The molecule has 0 saturated heterocycles. The highest BCUT2D eigenvalue weighted by Gasteiger charge is 2.10. The van der Waals surface area contributed by atoms with E-state index in [2.05, 4.69) is 5.32 Å². The summed E-state index contributed by atoms with van der Waals surface area (Å²) < 4.78 is 0. The van der Waals surface area contributed by atoms with Gasteiger partial charge in [0.1, 0.15) is 11.6 Å². The van der Waals surface area contributed by atoms with Crippen molar-refractivity contribution >= 4 is 46.0 Å². The molecule has 3 aromatic carbocycles. The Morgan fingerprint density at radius 3 is 2.58 bits per heavy atom. The van der Waals surface area contributed by atoms with E-state index in [9.17, 15) is 10.1 Å². The van der Waals surface area contributed by atoms with Crippen molar-refractivity contribution < 1.29 is 4.79 Å². The minimum absolute atomic E-state index is 0.0430. The maximum Gasteiger partial charge on any atom is 0.262 e. The molecule has 0 aliphatic carbocycles. The molecule has 0 unspecified atom stereocenters. The van der Waals surface area contributed by atoms with Crippen molar-refractivity contribution in [2.75, 3.05) is 0 Å². The second kappa shape index (κ2) is 8.05. The first-order valence-corrected chi connectivity index (χ1v) is 8.66. The molecule has 128 valence electrons. The molecule has 0 bridgehead atoms. The Morgan fingerprint density at radius 1 is 1.04 bits per heavy atom. The first-order chi connectivity index (χ1) is 12.6. The number of carbonyl (C=O) groups is 1. The molecule has 5 heteroatoms. The molecular weight excluding hydrogens is 367 g/mol. The normalized spacial score (nSPS) is 11.2. The molecule has 1 amide bonds. The number of benzene rings is 3. The van der Waals surface area contributed by atoms with Crippen molar-refractivity contribution in [3.05, 3.63) is 87.4 Å². The van der Waals surface area contributed by atoms with Crippen LogP contribution in [0.1, 0.15) is 11.1 Å². The van der Waals surface area contributed by atoms with Crippen LogP contribution >= 0.6 is 23.2 Å². The van der Waals surface area contributed by atoms with E-state index in [0.717, 1.165) is 21.9 Å². The molecule has 0 aromatic heterocycles. The van der Waals surface area contributed by atoms with E-state index >= 15 is 0 Å². The summed E-state index contributed by atoms with van der Waals surface area (Å²) in [6.07, 6.45) is 1.60. The van der Waals surface area contributed by atoms with E-state index in [1.165, 1.54) is 0 Å². The van der Waals surface area contributed by atoms with Gasteiger partial charge in [-0.05, 0) is 40.1 Å². The summed E-state index contributed by atoms with van der Waals surface area (Å²) in [5, 5.41) is 15.0. The van der Waals surface area contributed by atoms with Crippen molar-refractivity contribution in [1.29, 1.82) is 5.26 Å². The van der Waals surface area contributed by atoms with E-state index in [-0.39, 0.29) is 12.1 Å². The Hall–Kier alpha value is -2.80. The highest BCUT2D eigenvalue weighted by molar-refractivity contribution is 6.42. The van der Waals surface area contributed by atoms with Crippen molar-refractivity contribution in [3.63, 3.8) is 0 Å². The fourth-order valence-corrected chi connectivity index (χ4v) is 2.93. The third-order valence-electron chi connectivity index (χ3n) is 3.93. The van der Waals surface area contributed by atoms with Gasteiger partial charge in [-0.2, -0.15) is 5.26 Å². The number of carbonyl (C=O) groups excluding carboxylic acids is 1. The minimum atomic E-state index is -0.438. The Balaban J connectivity index is 1.81. The number of nitriles is 1. The number of nitrogens with one attached hydrogen (secondary N) is 1. The zero-order chi connectivity index (χ0) is 18.5. The van der Waals surface area contributed by atoms with Crippen LogP contribution in [0.5, 0.6) is 0 Å². The van der Waals surface area contributed by atoms with Crippen LogP contribution in [0, 0.1) is 11.3 Å². The first kappa shape index (κ1) is 18.0. The summed E-state index contributed by atoms with van der Waals surface area (Å²) in [6, 6.07) is 20.7. The number of hydrogen-bond acceptors (Lipinski definition) is 2. The average molecular weight is 381 g/mol. The second-order valence-electron chi connectivity index (χ2n) is 5.67. The molecule has 0 radical (unpaired) electrons. The van der Waals surface area contributed by atoms with E-state index in [0.29, 0.717) is 10.0 Å². The van der Waals surface area contributed by atoms with Gasteiger partial charge in [-0.3, -0.25) is 4.79 Å². The van der Waals surface area contributed by atoms with Gasteiger partial charge in [0.2, 0.25) is 0 Å². The largest absolute Gasteiger partial charge is 0.347 e. The molecule has 0 atom stereocenters. The number of halogens is 2. The maximum atomic E-state index is 12.4. The minimum Gasteiger partial charge on any atom is -0.347 e. The van der Waals surface area contributed by atoms with E-state index in [1.54, 1.807) is 24.3 Å². The van der Waals surface area contributed by atoms with Gasteiger partial charge in [-0.25, -0.2) is 0 Å². The molecular formula is C21H14Cl2N2O. The quantitative estimate of drug-likeness (QED) is 0.488. The maximum absolute atomic E-state index is 12.4. The smallest absolute Gasteiger partial charge is 0.262 e. The summed E-state index contributed by atoms with van der Waals surface area (Å²) in [4.78, 5) is 12.4. The van der Waals surface area contributed by atoms with Gasteiger partial charge in [-0.15, -0.1) is 0 Å². The molecule has 0 aliphatic rings. The van der Waals surface area contributed by atoms with Crippen molar-refractivity contribution in [2.45, 2.75) is 6.54 Å². The predicted molar refractivity (Wildman–Crippen MR) is 106 cm³/mol. The summed E-state index contributed by atoms with van der Waals surface area (Å²) in [6.45, 7) is 0.254. The zero-order valence-electron chi connectivity index (χ0n) is 13.7. The standard InChI is InChI=1S/C21H14Cl2N2O/c22-19-9-8-14(10-20(19)23)13-25-21(26)17(12-24)11-16-6-3-5-15-4-1-2-7-18(15)16/h1-11H,13H2,(H,25,26)/b17-11+. The Labute approximate surface area is 161 Å². The number of rotatable bonds is 4. The fourth-order valence-electron chi connectivity index (χ4n) is 2.61. The Bertz CT molecular complexity index is 1050. The molecule has 0 fully saturated rings. The SMILES string of the molecule is N#C/C(=C\c1cccc2ccccc12)C(=O)NCc1ccc(Cl)c(Cl)c1. The first-order valence-electron chi connectivity index (χ1n) is 7.90. The topological polar surface area (TPSA) is 52.9 Å². The van der Waals surface area contributed by atoms with Gasteiger partial charge in [0.05, 0.1) is 10.0 Å². The van der Waals surface area contributed by atoms with E-state index in [4.69, 9.17) is 23.2 Å². The van der Waals surface area contributed by atoms with Gasteiger partial charge < -0.3 is 5.32 Å². The van der Waals surface area contributed by atoms with Gasteiger partial charge in [0, 0.05) is 6.54 Å². The van der Waals surface area contributed by atoms with Crippen LogP contribution in [0.15, 0.2) is 66.2 Å². The lowest BCUT2D eigenvalue weighted by Gasteiger charge is -2.07. The van der Waals surface area contributed by atoms with Crippen LogP contribution in [0.4, 0.5) is 0 Å². The lowest BCUT2D eigenvalue weighted by molar-refractivity contribution is -0.117. The summed E-state index contributed by atoms with van der Waals surface area (Å²) in [5.41, 5.74) is 1.67. The van der Waals surface area contributed by atoms with Gasteiger partial charge in [-0.1, -0.05) is 71.7 Å². The summed E-state index contributed by atoms with van der Waals surface area (Å²) in [7, 11) is 0. The molecule has 26 heavy (non-hydrogen) atoms. The monoisotopic (exact) mass is 380 g/mol. The third-order valence-corrected chi connectivity index (χ3v) is 4.66. The van der Waals surface area contributed by atoms with Gasteiger partial charge in [0.25, 0.3) is 5.91 Å². The Morgan fingerprint density at radius 2 is 1.81 bits per heavy atom. The van der Waals surface area contributed by atoms with Crippen molar-refractivity contribution in [1.82, 2.24) is 5.32 Å². The fraction of sp³-hybridized carbons (Fsp3) is 0.0476. The molecule has 0 saturated carbocycles. The van der Waals surface area contributed by atoms with Crippen LogP contribution in [0.3, 0.4) is 0 Å². The third kappa shape index (κ3) is 4.05. The van der Waals surface area contributed by atoms with Gasteiger partial charge in [0.15, 0.2) is 0 Å². The van der Waals surface area contributed by atoms with Crippen LogP contribution in [0.2, 0.25) is 10.0 Å². The number of hydrogen-bond donors (Lipinski definition) is 1. The lowest BCUT2D eigenvalue weighted by Crippen LogP contribution is -2.23. The summed E-state index contributed by atoms with van der Waals surface area (Å²) in [5.74, 6) is -0.438. The van der Waals surface area contributed by atoms with Crippen LogP contribution < -0.4 is 5.32 Å². The number of nitrogens with zero attached hydrogens (tertiary/aromatic N) is 1. The second-order valence-corrected chi connectivity index (χ2v) is 6.48.